The van der Waals surface area contributed by atoms with Gasteiger partial charge in [0.2, 0.25) is 5.88 Å². The number of nitriles is 1. The largest absolute Gasteiger partial charge is 0.484 e. The first-order valence-corrected chi connectivity index (χ1v) is 7.85. The molecule has 26 heavy (non-hydrogen) atoms. The number of rotatable bonds is 6. The van der Waals surface area contributed by atoms with E-state index in [0.29, 0.717) is 11.3 Å². The van der Waals surface area contributed by atoms with Crippen LogP contribution in [0.25, 0.3) is 0 Å². The molecule has 0 saturated heterocycles. The van der Waals surface area contributed by atoms with E-state index in [1.807, 2.05) is 6.07 Å². The van der Waals surface area contributed by atoms with Gasteiger partial charge in [-0.15, -0.1) is 0 Å². The van der Waals surface area contributed by atoms with Gasteiger partial charge in [0.1, 0.15) is 23.2 Å². The third-order valence-electron chi connectivity index (χ3n) is 3.67. The number of carbonyl (C=O) groups excluding carboxylic acids is 2. The second-order valence-electron chi connectivity index (χ2n) is 5.44. The van der Waals surface area contributed by atoms with Crippen LogP contribution in [-0.2, 0) is 19.1 Å². The number of amides is 1. The summed E-state index contributed by atoms with van der Waals surface area (Å²) in [5.41, 5.74) is 11.8. The molecule has 136 valence electrons. The van der Waals surface area contributed by atoms with Gasteiger partial charge in [0.25, 0.3) is 5.91 Å². The Hall–Kier alpha value is -3.47. The highest BCUT2D eigenvalue weighted by atomic mass is 16.5. The first-order chi connectivity index (χ1) is 12.4. The molecule has 2 rings (SSSR count). The molecule has 8 nitrogen and oxygen atoms in total. The van der Waals surface area contributed by atoms with E-state index in [1.165, 1.54) is 0 Å². The third kappa shape index (κ3) is 3.95. The lowest BCUT2D eigenvalue weighted by Crippen LogP contribution is -2.25. The number of nitrogens with two attached hydrogens (primary N) is 2. The van der Waals surface area contributed by atoms with Crippen molar-refractivity contribution in [2.45, 2.75) is 19.8 Å². The Balaban J connectivity index is 2.51. The summed E-state index contributed by atoms with van der Waals surface area (Å²) in [6.07, 6.45) is 0. The summed E-state index contributed by atoms with van der Waals surface area (Å²) in [5, 5.41) is 9.52. The van der Waals surface area contributed by atoms with E-state index in [1.54, 1.807) is 38.1 Å². The average Bonchev–Trinajstić information content (AvgIpc) is 2.59. The molecule has 0 bridgehead atoms. The standard InChI is InChI=1S/C18H19N3O5/c1-3-24-18(23)15-10(2)26-17(21)13(8-19)16(15)11-5-4-6-12(7-11)25-9-14(20)22/h4-7,16H,3,9,21H2,1-2H3,(H2,20,22). The summed E-state index contributed by atoms with van der Waals surface area (Å²) in [4.78, 5) is 23.3. The third-order valence-corrected chi connectivity index (χ3v) is 3.67. The lowest BCUT2D eigenvalue weighted by atomic mass is 9.83. The monoisotopic (exact) mass is 357 g/mol. The fraction of sp³-hybridized carbons (Fsp3) is 0.278. The van der Waals surface area contributed by atoms with Gasteiger partial charge in [0.05, 0.1) is 18.1 Å². The summed E-state index contributed by atoms with van der Waals surface area (Å²) in [5.74, 6) is -1.45. The molecule has 0 radical (unpaired) electrons. The predicted octanol–water partition coefficient (Wildman–Crippen LogP) is 1.20. The molecule has 1 aromatic carbocycles. The first kappa shape index (κ1) is 18.9. The van der Waals surface area contributed by atoms with Crippen molar-refractivity contribution in [1.82, 2.24) is 0 Å². The Kier molecular flexibility index (Phi) is 5.86. The number of allylic oxidation sites excluding steroid dienone is 2. The Bertz CT molecular complexity index is 835. The molecule has 0 saturated carbocycles. The van der Waals surface area contributed by atoms with Crippen molar-refractivity contribution in [2.75, 3.05) is 13.2 Å². The zero-order valence-electron chi connectivity index (χ0n) is 14.4. The van der Waals surface area contributed by atoms with Gasteiger partial charge in [-0.2, -0.15) is 5.26 Å². The SMILES string of the molecule is CCOC(=O)C1=C(C)OC(N)=C(C#N)C1c1cccc(OCC(N)=O)c1. The van der Waals surface area contributed by atoms with Gasteiger partial charge in [-0.25, -0.2) is 4.79 Å². The molecule has 1 aliphatic rings. The molecule has 1 aromatic rings. The van der Waals surface area contributed by atoms with Crippen LogP contribution in [-0.4, -0.2) is 25.1 Å². The fourth-order valence-corrected chi connectivity index (χ4v) is 2.63. The van der Waals surface area contributed by atoms with E-state index in [2.05, 4.69) is 0 Å². The summed E-state index contributed by atoms with van der Waals surface area (Å²) in [6, 6.07) is 8.61. The average molecular weight is 357 g/mol. The van der Waals surface area contributed by atoms with Crippen molar-refractivity contribution in [2.24, 2.45) is 11.5 Å². The molecule has 1 heterocycles. The molecule has 1 amide bonds. The molecule has 0 aromatic heterocycles. The van der Waals surface area contributed by atoms with Crippen LogP contribution in [0.15, 0.2) is 47.1 Å². The van der Waals surface area contributed by atoms with Crippen molar-refractivity contribution in [3.8, 4) is 11.8 Å². The number of ether oxygens (including phenoxy) is 3. The Morgan fingerprint density at radius 3 is 2.73 bits per heavy atom. The van der Waals surface area contributed by atoms with E-state index in [0.717, 1.165) is 0 Å². The quantitative estimate of drug-likeness (QED) is 0.729. The summed E-state index contributed by atoms with van der Waals surface area (Å²) in [6.45, 7) is 3.14. The maximum absolute atomic E-state index is 12.4. The van der Waals surface area contributed by atoms with Gasteiger partial charge in [0, 0.05) is 0 Å². The van der Waals surface area contributed by atoms with E-state index in [4.69, 9.17) is 25.7 Å². The topological polar surface area (TPSA) is 138 Å². The van der Waals surface area contributed by atoms with E-state index < -0.39 is 17.8 Å². The molecular weight excluding hydrogens is 338 g/mol. The van der Waals surface area contributed by atoms with Crippen LogP contribution < -0.4 is 16.2 Å². The highest BCUT2D eigenvalue weighted by Crippen LogP contribution is 2.40. The summed E-state index contributed by atoms with van der Waals surface area (Å²) >= 11 is 0. The first-order valence-electron chi connectivity index (χ1n) is 7.85. The van der Waals surface area contributed by atoms with Gasteiger partial charge in [0.15, 0.2) is 6.61 Å². The maximum Gasteiger partial charge on any atom is 0.338 e. The van der Waals surface area contributed by atoms with Crippen LogP contribution >= 0.6 is 0 Å². The number of hydrogen-bond acceptors (Lipinski definition) is 7. The minimum absolute atomic E-state index is 0.0773. The van der Waals surface area contributed by atoms with Crippen molar-refractivity contribution in [1.29, 1.82) is 5.26 Å². The van der Waals surface area contributed by atoms with Crippen LogP contribution in [0, 0.1) is 11.3 Å². The van der Waals surface area contributed by atoms with E-state index >= 15 is 0 Å². The normalized spacial score (nSPS) is 16.6. The van der Waals surface area contributed by atoms with Crippen molar-refractivity contribution < 1.29 is 23.8 Å². The molecule has 1 atom stereocenters. The molecular formula is C18H19N3O5. The van der Waals surface area contributed by atoms with Gasteiger partial charge in [-0.3, -0.25) is 4.79 Å². The Labute approximate surface area is 150 Å². The summed E-state index contributed by atoms with van der Waals surface area (Å²) in [7, 11) is 0. The number of esters is 1. The van der Waals surface area contributed by atoms with E-state index in [-0.39, 0.29) is 36.0 Å². The molecule has 8 heteroatoms. The van der Waals surface area contributed by atoms with Gasteiger partial charge >= 0.3 is 5.97 Å². The van der Waals surface area contributed by atoms with Crippen LogP contribution in [0.2, 0.25) is 0 Å². The number of benzene rings is 1. The highest BCUT2D eigenvalue weighted by molar-refractivity contribution is 5.92. The van der Waals surface area contributed by atoms with E-state index in [9.17, 15) is 14.9 Å². The zero-order valence-corrected chi connectivity index (χ0v) is 14.4. The predicted molar refractivity (Wildman–Crippen MR) is 91.1 cm³/mol. The molecule has 0 aliphatic carbocycles. The molecule has 1 aliphatic heterocycles. The van der Waals surface area contributed by atoms with Crippen LogP contribution in [0.5, 0.6) is 5.75 Å². The molecule has 1 unspecified atom stereocenters. The van der Waals surface area contributed by atoms with Crippen molar-refractivity contribution in [3.63, 3.8) is 0 Å². The maximum atomic E-state index is 12.4. The Morgan fingerprint density at radius 1 is 1.38 bits per heavy atom. The van der Waals surface area contributed by atoms with Crippen LogP contribution in [0.1, 0.15) is 25.3 Å². The second-order valence-corrected chi connectivity index (χ2v) is 5.44. The highest BCUT2D eigenvalue weighted by Gasteiger charge is 2.36. The lowest BCUT2D eigenvalue weighted by Gasteiger charge is -2.27. The molecule has 0 fully saturated rings. The smallest absolute Gasteiger partial charge is 0.338 e. The number of carbonyl (C=O) groups is 2. The van der Waals surface area contributed by atoms with Gasteiger partial charge in [-0.05, 0) is 31.5 Å². The van der Waals surface area contributed by atoms with Crippen LogP contribution in [0.4, 0.5) is 0 Å². The lowest BCUT2D eigenvalue weighted by molar-refractivity contribution is -0.139. The fourth-order valence-electron chi connectivity index (χ4n) is 2.63. The minimum atomic E-state index is -0.773. The number of primary amides is 1. The minimum Gasteiger partial charge on any atom is -0.484 e. The Morgan fingerprint density at radius 2 is 2.12 bits per heavy atom. The summed E-state index contributed by atoms with van der Waals surface area (Å²) < 4.78 is 15.7. The van der Waals surface area contributed by atoms with Crippen molar-refractivity contribution in [3.05, 3.63) is 52.6 Å². The molecule has 4 N–H and O–H groups in total. The van der Waals surface area contributed by atoms with Crippen LogP contribution in [0.3, 0.4) is 0 Å². The van der Waals surface area contributed by atoms with Crippen molar-refractivity contribution >= 4 is 11.9 Å². The number of nitrogens with zero attached hydrogens (tertiary/aromatic N) is 1. The second kappa shape index (κ2) is 8.07. The number of hydrogen-bond donors (Lipinski definition) is 2. The van der Waals surface area contributed by atoms with Gasteiger partial charge < -0.3 is 25.7 Å². The van der Waals surface area contributed by atoms with Gasteiger partial charge in [-0.1, -0.05) is 12.1 Å². The molecule has 0 spiro atoms. The zero-order chi connectivity index (χ0) is 19.3.